The van der Waals surface area contributed by atoms with Crippen LogP contribution in [0, 0.1) is 12.7 Å². The number of hydrogen-bond acceptors (Lipinski definition) is 3. The van der Waals surface area contributed by atoms with Crippen molar-refractivity contribution in [3.05, 3.63) is 83.4 Å². The predicted octanol–water partition coefficient (Wildman–Crippen LogP) is 5.47. The zero-order chi connectivity index (χ0) is 20.7. The number of benzene rings is 3. The molecule has 152 valence electrons. The van der Waals surface area contributed by atoms with Gasteiger partial charge in [-0.15, -0.1) is 0 Å². The van der Waals surface area contributed by atoms with E-state index < -0.39 is 5.54 Å². The summed E-state index contributed by atoms with van der Waals surface area (Å²) < 4.78 is 25.1. The summed E-state index contributed by atoms with van der Waals surface area (Å²) >= 11 is 0. The molecule has 1 N–H and O–H groups in total. The highest BCUT2D eigenvalue weighted by Gasteiger charge is 2.37. The molecule has 5 heteroatoms. The molecule has 2 heterocycles. The Morgan fingerprint density at radius 2 is 1.70 bits per heavy atom. The minimum atomic E-state index is -0.615. The van der Waals surface area contributed by atoms with Crippen molar-refractivity contribution in [2.24, 2.45) is 0 Å². The summed E-state index contributed by atoms with van der Waals surface area (Å²) in [6.45, 7) is 2.97. The molecule has 4 nitrogen and oxygen atoms in total. The number of halogens is 1. The number of carbonyl (C=O) groups excluding carboxylic acids is 1. The van der Waals surface area contributed by atoms with Crippen molar-refractivity contribution in [3.8, 4) is 0 Å². The summed E-state index contributed by atoms with van der Waals surface area (Å²) in [5, 5.41) is 6.18. The number of ether oxygens (including phenoxy) is 1. The first kappa shape index (κ1) is 18.8. The van der Waals surface area contributed by atoms with E-state index in [1.165, 1.54) is 12.1 Å². The molecule has 3 aromatic carbocycles. The minimum Gasteiger partial charge on any atom is -0.450 e. The van der Waals surface area contributed by atoms with Gasteiger partial charge in [-0.05, 0) is 42.8 Å². The standard InChI is InChI=1S/C25H22FNO3/c1-16-20-11-6-17-4-2-3-5-21(17)23(20)30-22(16)24(28)27-25(12-14-29-15-13-25)18-7-9-19(26)10-8-18/h2-11H,12-15H2,1H3,(H,27,28). The molecule has 0 saturated carbocycles. The minimum absolute atomic E-state index is 0.265. The number of rotatable bonds is 3. The van der Waals surface area contributed by atoms with Crippen LogP contribution in [-0.4, -0.2) is 19.1 Å². The number of fused-ring (bicyclic) bond motifs is 3. The van der Waals surface area contributed by atoms with Crippen molar-refractivity contribution in [1.82, 2.24) is 5.32 Å². The second-order valence-corrected chi connectivity index (χ2v) is 7.88. The topological polar surface area (TPSA) is 51.5 Å². The molecule has 1 saturated heterocycles. The van der Waals surface area contributed by atoms with Crippen molar-refractivity contribution in [2.45, 2.75) is 25.3 Å². The normalized spacial score (nSPS) is 16.1. The average Bonchev–Trinajstić information content (AvgIpc) is 3.12. The maximum atomic E-state index is 13.5. The van der Waals surface area contributed by atoms with Crippen LogP contribution in [0.25, 0.3) is 21.7 Å². The van der Waals surface area contributed by atoms with Crippen LogP contribution < -0.4 is 5.32 Å². The van der Waals surface area contributed by atoms with Crippen LogP contribution in [0.1, 0.15) is 34.5 Å². The van der Waals surface area contributed by atoms with Crippen LogP contribution in [0.3, 0.4) is 0 Å². The maximum Gasteiger partial charge on any atom is 0.288 e. The fraction of sp³-hybridized carbons (Fsp3) is 0.240. The van der Waals surface area contributed by atoms with E-state index in [0.717, 1.165) is 32.9 Å². The van der Waals surface area contributed by atoms with Gasteiger partial charge in [-0.3, -0.25) is 4.79 Å². The number of amides is 1. The Balaban J connectivity index is 1.56. The Kier molecular flexibility index (Phi) is 4.55. The van der Waals surface area contributed by atoms with Crippen LogP contribution in [0.5, 0.6) is 0 Å². The second-order valence-electron chi connectivity index (χ2n) is 7.88. The van der Waals surface area contributed by atoms with Gasteiger partial charge in [0.15, 0.2) is 5.76 Å². The molecule has 1 amide bonds. The Labute approximate surface area is 173 Å². The second kappa shape index (κ2) is 7.26. The molecule has 4 aromatic rings. The van der Waals surface area contributed by atoms with Crippen LogP contribution in [0.4, 0.5) is 4.39 Å². The van der Waals surface area contributed by atoms with Crippen molar-refractivity contribution in [2.75, 3.05) is 13.2 Å². The fourth-order valence-electron chi connectivity index (χ4n) is 4.41. The maximum absolute atomic E-state index is 13.5. The fourth-order valence-corrected chi connectivity index (χ4v) is 4.41. The van der Waals surface area contributed by atoms with Gasteiger partial charge in [0.1, 0.15) is 11.4 Å². The molecule has 0 spiro atoms. The summed E-state index contributed by atoms with van der Waals surface area (Å²) in [4.78, 5) is 13.4. The Bertz CT molecular complexity index is 1240. The Morgan fingerprint density at radius 1 is 0.967 bits per heavy atom. The Morgan fingerprint density at radius 3 is 2.47 bits per heavy atom. The summed E-state index contributed by atoms with van der Waals surface area (Å²) in [5.74, 6) is -0.249. The molecule has 30 heavy (non-hydrogen) atoms. The lowest BCUT2D eigenvalue weighted by molar-refractivity contribution is 0.0338. The third-order valence-electron chi connectivity index (χ3n) is 6.13. The van der Waals surface area contributed by atoms with E-state index in [1.54, 1.807) is 12.1 Å². The molecule has 1 fully saturated rings. The van der Waals surface area contributed by atoms with Gasteiger partial charge < -0.3 is 14.5 Å². The first-order chi connectivity index (χ1) is 14.6. The molecule has 0 atom stereocenters. The highest BCUT2D eigenvalue weighted by Crippen LogP contribution is 2.35. The number of furan rings is 1. The zero-order valence-electron chi connectivity index (χ0n) is 16.7. The van der Waals surface area contributed by atoms with Crippen LogP contribution in [0.15, 0.2) is 65.1 Å². The van der Waals surface area contributed by atoms with Gasteiger partial charge in [0.2, 0.25) is 0 Å². The molecule has 1 aromatic heterocycles. The highest BCUT2D eigenvalue weighted by atomic mass is 19.1. The van der Waals surface area contributed by atoms with E-state index in [0.29, 0.717) is 31.8 Å². The quantitative estimate of drug-likeness (QED) is 0.494. The lowest BCUT2D eigenvalue weighted by Gasteiger charge is -2.38. The van der Waals surface area contributed by atoms with Gasteiger partial charge in [0, 0.05) is 29.5 Å². The van der Waals surface area contributed by atoms with E-state index in [9.17, 15) is 9.18 Å². The lowest BCUT2D eigenvalue weighted by atomic mass is 9.82. The van der Waals surface area contributed by atoms with E-state index in [-0.39, 0.29) is 11.7 Å². The van der Waals surface area contributed by atoms with Crippen molar-refractivity contribution in [3.63, 3.8) is 0 Å². The van der Waals surface area contributed by atoms with Crippen LogP contribution in [-0.2, 0) is 10.3 Å². The third-order valence-corrected chi connectivity index (χ3v) is 6.13. The predicted molar refractivity (Wildman–Crippen MR) is 114 cm³/mol. The summed E-state index contributed by atoms with van der Waals surface area (Å²) in [6, 6.07) is 18.3. The molecular weight excluding hydrogens is 381 g/mol. The first-order valence-corrected chi connectivity index (χ1v) is 10.1. The number of aryl methyl sites for hydroxylation is 1. The number of carbonyl (C=O) groups is 1. The van der Waals surface area contributed by atoms with E-state index in [2.05, 4.69) is 5.32 Å². The molecule has 1 aliphatic heterocycles. The molecule has 0 radical (unpaired) electrons. The average molecular weight is 403 g/mol. The molecular formula is C25H22FNO3. The molecule has 0 unspecified atom stereocenters. The summed E-state index contributed by atoms with van der Waals surface area (Å²) in [7, 11) is 0. The van der Waals surface area contributed by atoms with E-state index >= 15 is 0 Å². The summed E-state index contributed by atoms with van der Waals surface area (Å²) in [5.41, 5.74) is 1.80. The molecule has 0 aliphatic carbocycles. The Hall–Kier alpha value is -3.18. The van der Waals surface area contributed by atoms with Gasteiger partial charge in [0.25, 0.3) is 5.91 Å². The van der Waals surface area contributed by atoms with E-state index in [1.807, 2.05) is 43.3 Å². The van der Waals surface area contributed by atoms with Crippen molar-refractivity contribution in [1.29, 1.82) is 0 Å². The third kappa shape index (κ3) is 3.06. The van der Waals surface area contributed by atoms with Crippen LogP contribution >= 0.6 is 0 Å². The summed E-state index contributed by atoms with van der Waals surface area (Å²) in [6.07, 6.45) is 1.24. The SMILES string of the molecule is Cc1c(C(=O)NC2(c3ccc(F)cc3)CCOCC2)oc2c1ccc1ccccc12. The zero-order valence-corrected chi connectivity index (χ0v) is 16.7. The van der Waals surface area contributed by atoms with Gasteiger partial charge >= 0.3 is 0 Å². The smallest absolute Gasteiger partial charge is 0.288 e. The largest absolute Gasteiger partial charge is 0.450 e. The van der Waals surface area contributed by atoms with Gasteiger partial charge in [-0.2, -0.15) is 0 Å². The monoisotopic (exact) mass is 403 g/mol. The van der Waals surface area contributed by atoms with Crippen molar-refractivity contribution >= 4 is 27.6 Å². The van der Waals surface area contributed by atoms with Gasteiger partial charge in [-0.1, -0.05) is 48.5 Å². The molecule has 5 rings (SSSR count). The lowest BCUT2D eigenvalue weighted by Crippen LogP contribution is -2.49. The highest BCUT2D eigenvalue weighted by molar-refractivity contribution is 6.09. The van der Waals surface area contributed by atoms with Gasteiger partial charge in [0.05, 0.1) is 5.54 Å². The van der Waals surface area contributed by atoms with E-state index in [4.69, 9.17) is 9.15 Å². The number of nitrogens with one attached hydrogen (secondary N) is 1. The van der Waals surface area contributed by atoms with Crippen molar-refractivity contribution < 1.29 is 18.3 Å². The number of hydrogen-bond donors (Lipinski definition) is 1. The molecule has 1 aliphatic rings. The first-order valence-electron chi connectivity index (χ1n) is 10.1. The molecule has 0 bridgehead atoms. The van der Waals surface area contributed by atoms with Gasteiger partial charge in [-0.25, -0.2) is 4.39 Å². The van der Waals surface area contributed by atoms with Crippen LogP contribution in [0.2, 0.25) is 0 Å².